The summed E-state index contributed by atoms with van der Waals surface area (Å²) in [5.41, 5.74) is 0.898. The lowest BCUT2D eigenvalue weighted by atomic mass is 10.1. The molecule has 4 heteroatoms. The molecular formula is C14H22N2O2. The van der Waals surface area contributed by atoms with E-state index in [1.165, 1.54) is 38.3 Å². The summed E-state index contributed by atoms with van der Waals surface area (Å²) in [4.78, 5) is 14.8. The third-order valence-corrected chi connectivity index (χ3v) is 2.90. The molecule has 0 atom stereocenters. The average Bonchev–Trinajstić information content (AvgIpc) is 2.38. The molecule has 0 radical (unpaired) electrons. The fourth-order valence-electron chi connectivity index (χ4n) is 1.85. The van der Waals surface area contributed by atoms with Gasteiger partial charge in [0.25, 0.3) is 0 Å². The van der Waals surface area contributed by atoms with Crippen LogP contribution in [0.15, 0.2) is 18.5 Å². The van der Waals surface area contributed by atoms with Gasteiger partial charge in [-0.2, -0.15) is 0 Å². The van der Waals surface area contributed by atoms with E-state index >= 15 is 0 Å². The molecule has 1 rings (SSSR count). The molecule has 0 aliphatic heterocycles. The number of aromatic carboxylic acids is 1. The van der Waals surface area contributed by atoms with Crippen LogP contribution >= 0.6 is 0 Å². The topological polar surface area (TPSA) is 62.2 Å². The van der Waals surface area contributed by atoms with Crippen molar-refractivity contribution in [1.29, 1.82) is 0 Å². The van der Waals surface area contributed by atoms with E-state index < -0.39 is 5.97 Å². The van der Waals surface area contributed by atoms with Gasteiger partial charge in [0.05, 0.1) is 5.69 Å². The highest BCUT2D eigenvalue weighted by atomic mass is 16.4. The summed E-state index contributed by atoms with van der Waals surface area (Å²) in [6, 6.07) is 1.71. The van der Waals surface area contributed by atoms with Gasteiger partial charge in [-0.1, -0.05) is 39.0 Å². The second-order valence-corrected chi connectivity index (χ2v) is 4.42. The van der Waals surface area contributed by atoms with Gasteiger partial charge in [-0.25, -0.2) is 4.79 Å². The predicted octanol–water partition coefficient (Wildman–Crippen LogP) is 3.55. The Morgan fingerprint density at radius 1 is 1.28 bits per heavy atom. The lowest BCUT2D eigenvalue weighted by Crippen LogP contribution is -2.08. The summed E-state index contributed by atoms with van der Waals surface area (Å²) >= 11 is 0. The minimum atomic E-state index is -0.937. The van der Waals surface area contributed by atoms with E-state index in [2.05, 4.69) is 17.2 Å². The zero-order valence-corrected chi connectivity index (χ0v) is 11.0. The Balaban J connectivity index is 2.25. The lowest BCUT2D eigenvalue weighted by molar-refractivity contribution is 0.0697. The number of carbonyl (C=O) groups is 1. The van der Waals surface area contributed by atoms with Crippen LogP contribution in [0.2, 0.25) is 0 Å². The molecule has 0 amide bonds. The fraction of sp³-hybridized carbons (Fsp3) is 0.571. The molecule has 0 aliphatic carbocycles. The number of carboxylic acids is 1. The number of aromatic nitrogens is 1. The largest absolute Gasteiger partial charge is 0.478 e. The maximum absolute atomic E-state index is 10.9. The molecule has 0 saturated carbocycles. The van der Waals surface area contributed by atoms with Crippen molar-refractivity contribution in [2.45, 2.75) is 45.4 Å². The van der Waals surface area contributed by atoms with Crippen molar-refractivity contribution < 1.29 is 9.90 Å². The monoisotopic (exact) mass is 250 g/mol. The van der Waals surface area contributed by atoms with E-state index in [0.29, 0.717) is 5.69 Å². The first-order valence-corrected chi connectivity index (χ1v) is 6.67. The molecule has 0 aliphatic rings. The Labute approximate surface area is 108 Å². The van der Waals surface area contributed by atoms with Crippen molar-refractivity contribution in [2.75, 3.05) is 11.9 Å². The van der Waals surface area contributed by atoms with Gasteiger partial charge in [-0.15, -0.1) is 0 Å². The molecule has 1 heterocycles. The highest BCUT2D eigenvalue weighted by molar-refractivity contribution is 5.93. The van der Waals surface area contributed by atoms with Crippen LogP contribution in [0.5, 0.6) is 0 Å². The van der Waals surface area contributed by atoms with Gasteiger partial charge in [-0.05, 0) is 12.5 Å². The van der Waals surface area contributed by atoms with Crippen LogP contribution in [0.25, 0.3) is 0 Å². The van der Waals surface area contributed by atoms with Crippen molar-refractivity contribution in [3.05, 3.63) is 24.0 Å². The number of unbranched alkanes of at least 4 members (excludes halogenated alkanes) is 5. The van der Waals surface area contributed by atoms with Crippen LogP contribution in [0.3, 0.4) is 0 Å². The van der Waals surface area contributed by atoms with Crippen molar-refractivity contribution in [3.63, 3.8) is 0 Å². The first kappa shape index (κ1) is 14.5. The maximum atomic E-state index is 10.9. The number of rotatable bonds is 9. The lowest BCUT2D eigenvalue weighted by Gasteiger charge is -2.08. The quantitative estimate of drug-likeness (QED) is 0.658. The van der Waals surface area contributed by atoms with Crippen LogP contribution in [0.1, 0.15) is 55.8 Å². The third-order valence-electron chi connectivity index (χ3n) is 2.90. The summed E-state index contributed by atoms with van der Waals surface area (Å²) in [5.74, 6) is -0.937. The van der Waals surface area contributed by atoms with E-state index in [9.17, 15) is 4.79 Å². The Morgan fingerprint density at radius 2 is 2.00 bits per heavy atom. The number of nitrogens with zero attached hydrogens (tertiary/aromatic N) is 1. The highest BCUT2D eigenvalue weighted by Gasteiger charge is 2.08. The van der Waals surface area contributed by atoms with E-state index in [1.54, 1.807) is 12.3 Å². The molecule has 0 fully saturated rings. The van der Waals surface area contributed by atoms with Gasteiger partial charge in [-0.3, -0.25) is 4.98 Å². The van der Waals surface area contributed by atoms with Crippen LogP contribution in [-0.2, 0) is 0 Å². The normalized spacial score (nSPS) is 10.3. The van der Waals surface area contributed by atoms with Crippen molar-refractivity contribution in [3.8, 4) is 0 Å². The number of hydrogen-bond acceptors (Lipinski definition) is 3. The van der Waals surface area contributed by atoms with Crippen LogP contribution < -0.4 is 5.32 Å². The van der Waals surface area contributed by atoms with Crippen LogP contribution in [-0.4, -0.2) is 22.6 Å². The zero-order valence-electron chi connectivity index (χ0n) is 11.0. The molecule has 0 aromatic carbocycles. The molecule has 0 spiro atoms. The van der Waals surface area contributed by atoms with Crippen LogP contribution in [0, 0.1) is 0 Å². The molecule has 0 unspecified atom stereocenters. The molecule has 0 bridgehead atoms. The summed E-state index contributed by atoms with van der Waals surface area (Å²) in [7, 11) is 0. The first-order chi connectivity index (χ1) is 8.75. The van der Waals surface area contributed by atoms with E-state index in [1.807, 2.05) is 0 Å². The molecule has 0 saturated heterocycles. The molecule has 18 heavy (non-hydrogen) atoms. The SMILES string of the molecule is CCCCCCCCNc1ccncc1C(=O)O. The van der Waals surface area contributed by atoms with E-state index in [-0.39, 0.29) is 5.56 Å². The Bertz CT molecular complexity index is 367. The van der Waals surface area contributed by atoms with Crippen molar-refractivity contribution in [1.82, 2.24) is 4.98 Å². The predicted molar refractivity (Wildman–Crippen MR) is 73.1 cm³/mol. The van der Waals surface area contributed by atoms with Gasteiger partial charge in [0.2, 0.25) is 0 Å². The first-order valence-electron chi connectivity index (χ1n) is 6.67. The number of carboxylic acid groups (broad SMARTS) is 1. The fourth-order valence-corrected chi connectivity index (χ4v) is 1.85. The molecule has 1 aromatic heterocycles. The molecule has 100 valence electrons. The number of anilines is 1. The van der Waals surface area contributed by atoms with Gasteiger partial charge in [0, 0.05) is 18.9 Å². The average molecular weight is 250 g/mol. The summed E-state index contributed by atoms with van der Waals surface area (Å²) < 4.78 is 0. The second-order valence-electron chi connectivity index (χ2n) is 4.42. The number of nitrogens with one attached hydrogen (secondary N) is 1. The van der Waals surface area contributed by atoms with Crippen molar-refractivity contribution >= 4 is 11.7 Å². The Hall–Kier alpha value is -1.58. The summed E-state index contributed by atoms with van der Waals surface area (Å²) in [6.07, 6.45) is 10.4. The van der Waals surface area contributed by atoms with E-state index in [4.69, 9.17) is 5.11 Å². The highest BCUT2D eigenvalue weighted by Crippen LogP contribution is 2.13. The number of pyridine rings is 1. The summed E-state index contributed by atoms with van der Waals surface area (Å²) in [5, 5.41) is 12.2. The van der Waals surface area contributed by atoms with Crippen molar-refractivity contribution in [2.24, 2.45) is 0 Å². The Morgan fingerprint density at radius 3 is 2.72 bits per heavy atom. The van der Waals surface area contributed by atoms with E-state index in [0.717, 1.165) is 13.0 Å². The van der Waals surface area contributed by atoms with Gasteiger partial charge in [0.15, 0.2) is 0 Å². The standard InChI is InChI=1S/C14H22N2O2/c1-2-3-4-5-6-7-9-16-13-8-10-15-11-12(13)14(17)18/h8,10-11H,2-7,9H2,1H3,(H,15,16)(H,17,18). The van der Waals surface area contributed by atoms with Gasteiger partial charge >= 0.3 is 5.97 Å². The van der Waals surface area contributed by atoms with Crippen LogP contribution in [0.4, 0.5) is 5.69 Å². The maximum Gasteiger partial charge on any atom is 0.339 e. The number of hydrogen-bond donors (Lipinski definition) is 2. The summed E-state index contributed by atoms with van der Waals surface area (Å²) in [6.45, 7) is 3.02. The van der Waals surface area contributed by atoms with Gasteiger partial charge in [0.1, 0.15) is 5.56 Å². The molecular weight excluding hydrogens is 228 g/mol. The van der Waals surface area contributed by atoms with Gasteiger partial charge < -0.3 is 10.4 Å². The Kier molecular flexibility index (Phi) is 6.84. The minimum Gasteiger partial charge on any atom is -0.478 e. The smallest absolute Gasteiger partial charge is 0.339 e. The minimum absolute atomic E-state index is 0.239. The molecule has 1 aromatic rings. The molecule has 4 nitrogen and oxygen atoms in total. The zero-order chi connectivity index (χ0) is 13.2. The second kappa shape index (κ2) is 8.50. The third kappa shape index (κ3) is 5.17. The molecule has 2 N–H and O–H groups in total.